The minimum absolute atomic E-state index is 0.0455. The van der Waals surface area contributed by atoms with Crippen molar-refractivity contribution < 1.29 is 19.2 Å². The number of aliphatic imine (C=N–C) groups is 1. The van der Waals surface area contributed by atoms with E-state index >= 15 is 0 Å². The molecule has 1 heterocycles. The third-order valence-electron chi connectivity index (χ3n) is 3.60. The number of nitrogens with zero attached hydrogens (tertiary/aromatic N) is 2. The van der Waals surface area contributed by atoms with Crippen molar-refractivity contribution in [3.63, 3.8) is 0 Å². The van der Waals surface area contributed by atoms with Crippen LogP contribution in [0.1, 0.15) is 25.0 Å². The molecule has 144 valence electrons. The Hall–Kier alpha value is -2.02. The van der Waals surface area contributed by atoms with E-state index in [1.165, 1.54) is 18.2 Å². The van der Waals surface area contributed by atoms with Crippen LogP contribution in [0.15, 0.2) is 47.1 Å². The smallest absolute Gasteiger partial charge is 0.363 e. The Morgan fingerprint density at radius 3 is 2.50 bits per heavy atom. The van der Waals surface area contributed by atoms with E-state index in [1.807, 2.05) is 26.0 Å². The normalized spacial score (nSPS) is 15.0. The molecule has 1 aliphatic rings. The first kappa shape index (κ1) is 20.7. The van der Waals surface area contributed by atoms with Crippen molar-refractivity contribution >= 4 is 68.8 Å². The minimum atomic E-state index is -0.603. The summed E-state index contributed by atoms with van der Waals surface area (Å²) in [6.45, 7) is 3.92. The average molecular weight is 604 g/mol. The number of hydrogen-bond acceptors (Lipinski definition) is 6. The first-order valence-electron chi connectivity index (χ1n) is 8.17. The molecular formula is C19H14I2N2O5. The number of benzene rings is 2. The third-order valence-corrected chi connectivity index (χ3v) is 5.20. The van der Waals surface area contributed by atoms with E-state index in [0.29, 0.717) is 5.56 Å². The lowest BCUT2D eigenvalue weighted by Crippen LogP contribution is -2.08. The van der Waals surface area contributed by atoms with Crippen LogP contribution in [0, 0.1) is 17.3 Å². The molecule has 28 heavy (non-hydrogen) atoms. The summed E-state index contributed by atoms with van der Waals surface area (Å²) in [5, 5.41) is 10.9. The fourth-order valence-electron chi connectivity index (χ4n) is 2.45. The molecule has 0 fully saturated rings. The predicted molar refractivity (Wildman–Crippen MR) is 121 cm³/mol. The van der Waals surface area contributed by atoms with Gasteiger partial charge >= 0.3 is 5.97 Å². The highest BCUT2D eigenvalue weighted by molar-refractivity contribution is 14.1. The first-order valence-corrected chi connectivity index (χ1v) is 10.3. The summed E-state index contributed by atoms with van der Waals surface area (Å²) in [5.74, 6) is 0.242. The number of carbonyl (C=O) groups excluding carboxylic acids is 1. The summed E-state index contributed by atoms with van der Waals surface area (Å²) in [6.07, 6.45) is 1.68. The number of carbonyl (C=O) groups is 1. The molecule has 0 atom stereocenters. The van der Waals surface area contributed by atoms with Crippen molar-refractivity contribution in [2.75, 3.05) is 0 Å². The van der Waals surface area contributed by atoms with Crippen molar-refractivity contribution in [2.24, 2.45) is 4.99 Å². The highest BCUT2D eigenvalue weighted by Gasteiger charge is 2.25. The van der Waals surface area contributed by atoms with Gasteiger partial charge in [0.1, 0.15) is 5.75 Å². The van der Waals surface area contributed by atoms with Crippen molar-refractivity contribution in [3.05, 3.63) is 70.5 Å². The zero-order chi connectivity index (χ0) is 20.4. The van der Waals surface area contributed by atoms with E-state index in [1.54, 1.807) is 12.1 Å². The number of hydrogen-bond donors (Lipinski definition) is 0. The maximum Gasteiger partial charge on any atom is 0.363 e. The number of cyclic esters (lactones) is 1. The number of halogens is 2. The lowest BCUT2D eigenvalue weighted by Gasteiger charge is -2.14. The van der Waals surface area contributed by atoms with E-state index < -0.39 is 10.9 Å². The fourth-order valence-corrected chi connectivity index (χ4v) is 4.52. The first-order chi connectivity index (χ1) is 13.2. The van der Waals surface area contributed by atoms with Gasteiger partial charge in [-0.25, -0.2) is 9.79 Å². The molecule has 0 unspecified atom stereocenters. The van der Waals surface area contributed by atoms with E-state index in [4.69, 9.17) is 9.47 Å². The van der Waals surface area contributed by atoms with Gasteiger partial charge in [-0.1, -0.05) is 6.07 Å². The molecule has 0 saturated heterocycles. The Kier molecular flexibility index (Phi) is 6.33. The molecule has 2 aromatic rings. The maximum atomic E-state index is 12.2. The van der Waals surface area contributed by atoms with Crippen LogP contribution in [0.5, 0.6) is 5.75 Å². The molecule has 0 radical (unpaired) electrons. The van der Waals surface area contributed by atoms with Crippen LogP contribution in [0.2, 0.25) is 0 Å². The number of non-ortho nitro benzene ring substituents is 1. The number of rotatable bonds is 5. The van der Waals surface area contributed by atoms with Crippen LogP contribution in [-0.2, 0) is 9.53 Å². The van der Waals surface area contributed by atoms with Crippen LogP contribution >= 0.6 is 45.2 Å². The van der Waals surface area contributed by atoms with E-state index in [2.05, 4.69) is 50.2 Å². The van der Waals surface area contributed by atoms with Gasteiger partial charge in [0.25, 0.3) is 5.69 Å². The number of nitro groups is 1. The van der Waals surface area contributed by atoms with Gasteiger partial charge in [-0.2, -0.15) is 0 Å². The van der Waals surface area contributed by atoms with Crippen molar-refractivity contribution in [1.82, 2.24) is 0 Å². The predicted octanol–water partition coefficient (Wildman–Crippen LogP) is 4.94. The second-order valence-corrected chi connectivity index (χ2v) is 8.45. The summed E-state index contributed by atoms with van der Waals surface area (Å²) in [7, 11) is 0. The molecule has 0 bridgehead atoms. The SMILES string of the molecule is CC(C)Oc1c(I)cc(/C=C2\N=C(c3cccc([N+](=O)[O-])c3)OC2=O)cc1I. The summed E-state index contributed by atoms with van der Waals surface area (Å²) in [6, 6.07) is 9.58. The molecule has 0 aliphatic carbocycles. The molecule has 2 aromatic carbocycles. The number of nitro benzene ring substituents is 1. The number of esters is 1. The molecule has 0 aromatic heterocycles. The van der Waals surface area contributed by atoms with Gasteiger partial charge < -0.3 is 9.47 Å². The molecule has 7 nitrogen and oxygen atoms in total. The van der Waals surface area contributed by atoms with Crippen LogP contribution in [0.25, 0.3) is 6.08 Å². The van der Waals surface area contributed by atoms with Gasteiger partial charge in [0, 0.05) is 17.7 Å². The second kappa shape index (κ2) is 8.55. The molecule has 0 amide bonds. The molecule has 0 spiro atoms. The van der Waals surface area contributed by atoms with Gasteiger partial charge in [0.05, 0.1) is 18.2 Å². The summed E-state index contributed by atoms with van der Waals surface area (Å²) in [4.78, 5) is 26.8. The monoisotopic (exact) mass is 604 g/mol. The lowest BCUT2D eigenvalue weighted by molar-refractivity contribution is -0.384. The highest BCUT2D eigenvalue weighted by Crippen LogP contribution is 2.31. The van der Waals surface area contributed by atoms with Crippen molar-refractivity contribution in [2.45, 2.75) is 20.0 Å². The molecule has 0 saturated carbocycles. The minimum Gasteiger partial charge on any atom is -0.489 e. The number of ether oxygens (including phenoxy) is 2. The van der Waals surface area contributed by atoms with E-state index in [9.17, 15) is 14.9 Å². The second-order valence-electron chi connectivity index (χ2n) is 6.12. The Morgan fingerprint density at radius 1 is 1.21 bits per heavy atom. The zero-order valence-electron chi connectivity index (χ0n) is 14.8. The molecular weight excluding hydrogens is 590 g/mol. The Balaban J connectivity index is 1.94. The van der Waals surface area contributed by atoms with Gasteiger partial charge in [-0.3, -0.25) is 10.1 Å². The average Bonchev–Trinajstić information content (AvgIpc) is 2.99. The highest BCUT2D eigenvalue weighted by atomic mass is 127. The lowest BCUT2D eigenvalue weighted by atomic mass is 10.2. The van der Waals surface area contributed by atoms with Crippen molar-refractivity contribution in [3.8, 4) is 5.75 Å². The Morgan fingerprint density at radius 2 is 1.89 bits per heavy atom. The van der Waals surface area contributed by atoms with Crippen LogP contribution < -0.4 is 4.74 Å². The van der Waals surface area contributed by atoms with Gasteiger partial charge in [-0.05, 0) is 88.9 Å². The molecule has 0 N–H and O–H groups in total. The Bertz CT molecular complexity index is 1010. The fraction of sp³-hybridized carbons (Fsp3) is 0.158. The molecule has 9 heteroatoms. The van der Waals surface area contributed by atoms with E-state index in [0.717, 1.165) is 18.5 Å². The molecule has 1 aliphatic heterocycles. The summed E-state index contributed by atoms with van der Waals surface area (Å²) >= 11 is 4.37. The van der Waals surface area contributed by atoms with Crippen LogP contribution in [0.4, 0.5) is 5.69 Å². The summed E-state index contributed by atoms with van der Waals surface area (Å²) < 4.78 is 12.8. The van der Waals surface area contributed by atoms with Gasteiger partial charge in [0.2, 0.25) is 5.90 Å². The van der Waals surface area contributed by atoms with Crippen LogP contribution in [-0.4, -0.2) is 22.9 Å². The quantitative estimate of drug-likeness (QED) is 0.159. The topological polar surface area (TPSA) is 91.0 Å². The van der Waals surface area contributed by atoms with Crippen molar-refractivity contribution in [1.29, 1.82) is 0 Å². The molecule has 3 rings (SSSR count). The zero-order valence-corrected chi connectivity index (χ0v) is 19.1. The summed E-state index contributed by atoms with van der Waals surface area (Å²) in [5.41, 5.74) is 1.18. The standard InChI is InChI=1S/C19H14I2N2O5/c1-10(2)27-17-14(20)6-11(7-15(17)21)8-16-19(24)28-18(22-16)12-4-3-5-13(9-12)23(25)26/h3-10H,1-2H3/b16-8-. The van der Waals surface area contributed by atoms with Gasteiger partial charge in [0.15, 0.2) is 5.70 Å². The largest absolute Gasteiger partial charge is 0.489 e. The van der Waals surface area contributed by atoms with E-state index in [-0.39, 0.29) is 23.4 Å². The third kappa shape index (κ3) is 4.69. The Labute approximate surface area is 188 Å². The van der Waals surface area contributed by atoms with Crippen LogP contribution in [0.3, 0.4) is 0 Å². The van der Waals surface area contributed by atoms with Gasteiger partial charge in [-0.15, -0.1) is 0 Å². The maximum absolute atomic E-state index is 12.2.